The summed E-state index contributed by atoms with van der Waals surface area (Å²) in [7, 11) is 0. The first kappa shape index (κ1) is 21.9. The van der Waals surface area contributed by atoms with E-state index in [1.165, 1.54) is 6.07 Å². The van der Waals surface area contributed by atoms with Gasteiger partial charge in [0.05, 0.1) is 45.6 Å². The van der Waals surface area contributed by atoms with E-state index in [1.807, 2.05) is 42.5 Å². The normalized spacial score (nSPS) is 10.9. The Morgan fingerprint density at radius 1 is 1.06 bits per heavy atom. The molecule has 0 unspecified atom stereocenters. The Morgan fingerprint density at radius 2 is 1.83 bits per heavy atom. The summed E-state index contributed by atoms with van der Waals surface area (Å²) in [4.78, 5) is 33.2. The van der Waals surface area contributed by atoms with E-state index in [2.05, 4.69) is 15.4 Å². The number of rotatable bonds is 6. The summed E-state index contributed by atoms with van der Waals surface area (Å²) >= 11 is 0. The smallest absolute Gasteiger partial charge is 0.274 e. The van der Waals surface area contributed by atoms with Crippen LogP contribution in [0.25, 0.3) is 22.3 Å². The first-order valence-electron chi connectivity index (χ1n) is 10.9. The molecule has 0 spiro atoms. The van der Waals surface area contributed by atoms with Crippen LogP contribution in [-0.2, 0) is 6.54 Å². The molecule has 0 bridgehead atoms. The van der Waals surface area contributed by atoms with E-state index in [1.54, 1.807) is 48.4 Å². The van der Waals surface area contributed by atoms with Crippen molar-refractivity contribution >= 4 is 28.3 Å². The number of aromatic nitrogens is 4. The molecular formula is C26H20N6O3. The van der Waals surface area contributed by atoms with Crippen molar-refractivity contribution in [2.75, 3.05) is 5.32 Å². The SMILES string of the molecule is Cc1c(NC(=O)c2cc(-c3ccccc3)nc3c2cnn3Cc2ccncc2)cccc1[N+](=O)[O-]. The van der Waals surface area contributed by atoms with Crippen molar-refractivity contribution in [1.29, 1.82) is 0 Å². The quantitative estimate of drug-likeness (QED) is 0.279. The first-order valence-corrected chi connectivity index (χ1v) is 10.9. The second-order valence-electron chi connectivity index (χ2n) is 7.98. The maximum absolute atomic E-state index is 13.5. The van der Waals surface area contributed by atoms with Gasteiger partial charge in [-0.3, -0.25) is 19.9 Å². The van der Waals surface area contributed by atoms with E-state index < -0.39 is 10.8 Å². The summed E-state index contributed by atoms with van der Waals surface area (Å²) in [5.41, 5.74) is 4.10. The number of nitrogens with zero attached hydrogens (tertiary/aromatic N) is 5. The van der Waals surface area contributed by atoms with Crippen LogP contribution >= 0.6 is 0 Å². The molecule has 0 fully saturated rings. The van der Waals surface area contributed by atoms with Gasteiger partial charge in [0.1, 0.15) is 0 Å². The van der Waals surface area contributed by atoms with Crippen LogP contribution in [0.15, 0.2) is 85.3 Å². The molecule has 3 heterocycles. The number of carbonyl (C=O) groups is 1. The van der Waals surface area contributed by atoms with Crippen molar-refractivity contribution in [3.63, 3.8) is 0 Å². The third kappa shape index (κ3) is 4.34. The van der Waals surface area contributed by atoms with E-state index in [-0.39, 0.29) is 5.69 Å². The maximum Gasteiger partial charge on any atom is 0.274 e. The van der Waals surface area contributed by atoms with Crippen molar-refractivity contribution in [3.8, 4) is 11.3 Å². The first-order chi connectivity index (χ1) is 17.0. The van der Waals surface area contributed by atoms with Crippen molar-refractivity contribution in [1.82, 2.24) is 19.7 Å². The van der Waals surface area contributed by atoms with Crippen LogP contribution in [0.2, 0.25) is 0 Å². The molecule has 0 saturated heterocycles. The molecule has 0 radical (unpaired) electrons. The van der Waals surface area contributed by atoms with Crippen molar-refractivity contribution < 1.29 is 9.72 Å². The third-order valence-electron chi connectivity index (χ3n) is 5.76. The minimum atomic E-state index is -0.466. The second kappa shape index (κ2) is 9.14. The third-order valence-corrected chi connectivity index (χ3v) is 5.76. The number of anilines is 1. The van der Waals surface area contributed by atoms with Gasteiger partial charge in [-0.2, -0.15) is 5.10 Å². The molecule has 2 aromatic carbocycles. The second-order valence-corrected chi connectivity index (χ2v) is 7.98. The maximum atomic E-state index is 13.5. The Balaban J connectivity index is 1.61. The lowest BCUT2D eigenvalue weighted by Gasteiger charge is -2.11. The summed E-state index contributed by atoms with van der Waals surface area (Å²) in [6.07, 6.45) is 5.04. The molecule has 9 nitrogen and oxygen atoms in total. The van der Waals surface area contributed by atoms with Gasteiger partial charge in [-0.05, 0) is 36.8 Å². The molecule has 0 aliphatic carbocycles. The highest BCUT2D eigenvalue weighted by molar-refractivity contribution is 6.13. The fraction of sp³-hybridized carbons (Fsp3) is 0.0769. The summed E-state index contributed by atoms with van der Waals surface area (Å²) in [5, 5.41) is 19.2. The lowest BCUT2D eigenvalue weighted by molar-refractivity contribution is -0.385. The number of amides is 1. The predicted octanol–water partition coefficient (Wildman–Crippen LogP) is 5.01. The fourth-order valence-corrected chi connectivity index (χ4v) is 3.92. The Kier molecular flexibility index (Phi) is 5.72. The number of fused-ring (bicyclic) bond motifs is 1. The molecule has 35 heavy (non-hydrogen) atoms. The molecule has 172 valence electrons. The van der Waals surface area contributed by atoms with Crippen LogP contribution in [0.3, 0.4) is 0 Å². The van der Waals surface area contributed by atoms with E-state index in [0.29, 0.717) is 40.1 Å². The minimum absolute atomic E-state index is 0.0576. The highest BCUT2D eigenvalue weighted by atomic mass is 16.6. The van der Waals surface area contributed by atoms with Gasteiger partial charge in [-0.25, -0.2) is 9.67 Å². The van der Waals surface area contributed by atoms with E-state index in [9.17, 15) is 14.9 Å². The highest BCUT2D eigenvalue weighted by Gasteiger charge is 2.20. The molecular weight excluding hydrogens is 444 g/mol. The number of nitrogens with one attached hydrogen (secondary N) is 1. The minimum Gasteiger partial charge on any atom is -0.321 e. The number of benzene rings is 2. The standard InChI is InChI=1S/C26H20N6O3/c1-17-22(8-5-9-24(17)32(34)35)30-26(33)20-14-23(19-6-3-2-4-7-19)29-25-21(20)15-28-31(25)16-18-10-12-27-13-11-18/h2-15H,16H2,1H3,(H,30,33). The molecule has 9 heteroatoms. The van der Waals surface area contributed by atoms with Crippen LogP contribution in [0, 0.1) is 17.0 Å². The number of hydrogen-bond acceptors (Lipinski definition) is 6. The molecule has 3 aromatic heterocycles. The Morgan fingerprint density at radius 3 is 2.57 bits per heavy atom. The molecule has 0 saturated carbocycles. The van der Waals surface area contributed by atoms with Gasteiger partial charge >= 0.3 is 0 Å². The van der Waals surface area contributed by atoms with Gasteiger partial charge in [0.25, 0.3) is 11.6 Å². The lowest BCUT2D eigenvalue weighted by Crippen LogP contribution is -2.14. The Hall–Kier alpha value is -4.92. The topological polar surface area (TPSA) is 116 Å². The van der Waals surface area contributed by atoms with Crippen LogP contribution < -0.4 is 5.32 Å². The van der Waals surface area contributed by atoms with Gasteiger partial charge in [0, 0.05) is 24.0 Å². The van der Waals surface area contributed by atoms with E-state index in [0.717, 1.165) is 11.1 Å². The lowest BCUT2D eigenvalue weighted by atomic mass is 10.1. The highest BCUT2D eigenvalue weighted by Crippen LogP contribution is 2.28. The molecule has 0 aliphatic heterocycles. The van der Waals surface area contributed by atoms with E-state index in [4.69, 9.17) is 4.98 Å². The van der Waals surface area contributed by atoms with Crippen molar-refractivity contribution in [2.24, 2.45) is 0 Å². The van der Waals surface area contributed by atoms with Gasteiger partial charge in [-0.15, -0.1) is 0 Å². The zero-order chi connectivity index (χ0) is 24.4. The fourth-order valence-electron chi connectivity index (χ4n) is 3.92. The van der Waals surface area contributed by atoms with Crippen LogP contribution in [-0.4, -0.2) is 30.6 Å². The van der Waals surface area contributed by atoms with Crippen LogP contribution in [0.1, 0.15) is 21.5 Å². The van der Waals surface area contributed by atoms with E-state index >= 15 is 0 Å². The largest absolute Gasteiger partial charge is 0.321 e. The van der Waals surface area contributed by atoms with Gasteiger partial charge in [0.2, 0.25) is 0 Å². The predicted molar refractivity (Wildman–Crippen MR) is 132 cm³/mol. The zero-order valence-corrected chi connectivity index (χ0v) is 18.8. The molecule has 0 atom stereocenters. The summed E-state index contributed by atoms with van der Waals surface area (Å²) < 4.78 is 1.74. The molecule has 1 N–H and O–H groups in total. The van der Waals surface area contributed by atoms with Crippen LogP contribution in [0.5, 0.6) is 0 Å². The van der Waals surface area contributed by atoms with Gasteiger partial charge in [0.15, 0.2) is 5.65 Å². The van der Waals surface area contributed by atoms with Gasteiger partial charge in [-0.1, -0.05) is 36.4 Å². The number of nitro benzene ring substituents is 1. The number of pyridine rings is 2. The zero-order valence-electron chi connectivity index (χ0n) is 18.8. The van der Waals surface area contributed by atoms with Crippen molar-refractivity contribution in [2.45, 2.75) is 13.5 Å². The monoisotopic (exact) mass is 464 g/mol. The number of carbonyl (C=O) groups excluding carboxylic acids is 1. The molecule has 5 aromatic rings. The molecule has 1 amide bonds. The van der Waals surface area contributed by atoms with Crippen molar-refractivity contribution in [3.05, 3.63) is 112 Å². The average Bonchev–Trinajstić information content (AvgIpc) is 3.28. The Bertz CT molecular complexity index is 1550. The summed E-state index contributed by atoms with van der Waals surface area (Å²) in [6.45, 7) is 2.07. The molecule has 5 rings (SSSR count). The number of hydrogen-bond donors (Lipinski definition) is 1. The summed E-state index contributed by atoms with van der Waals surface area (Å²) in [6, 6.07) is 19.7. The van der Waals surface area contributed by atoms with Gasteiger partial charge < -0.3 is 5.32 Å². The van der Waals surface area contributed by atoms with Crippen LogP contribution in [0.4, 0.5) is 11.4 Å². The number of nitro groups is 1. The molecule has 0 aliphatic rings. The Labute approximate surface area is 200 Å². The summed E-state index contributed by atoms with van der Waals surface area (Å²) in [5.74, 6) is -0.401. The average molecular weight is 464 g/mol.